The predicted molar refractivity (Wildman–Crippen MR) is 66.4 cm³/mol. The van der Waals surface area contributed by atoms with Crippen molar-refractivity contribution in [2.24, 2.45) is 0 Å². The van der Waals surface area contributed by atoms with Gasteiger partial charge in [-0.3, -0.25) is 0 Å². The zero-order valence-corrected chi connectivity index (χ0v) is 10.3. The number of methoxy groups -OCH3 is 1. The van der Waals surface area contributed by atoms with Crippen LogP contribution in [0, 0.1) is 6.92 Å². The van der Waals surface area contributed by atoms with E-state index in [1.165, 1.54) is 0 Å². The smallest absolute Gasteiger partial charge is 0.319 e. The first-order chi connectivity index (χ1) is 8.06. The van der Waals surface area contributed by atoms with Gasteiger partial charge in [0.25, 0.3) is 0 Å². The summed E-state index contributed by atoms with van der Waals surface area (Å²) < 4.78 is 5.08. The Kier molecular flexibility index (Phi) is 4.78. The lowest BCUT2D eigenvalue weighted by Crippen LogP contribution is -2.38. The van der Waals surface area contributed by atoms with Crippen LogP contribution in [0.2, 0.25) is 0 Å². The molecule has 0 aliphatic rings. The Morgan fingerprint density at radius 1 is 1.53 bits per heavy atom. The van der Waals surface area contributed by atoms with Crippen LogP contribution in [0.4, 0.5) is 10.5 Å². The monoisotopic (exact) mass is 238 g/mol. The second-order valence-corrected chi connectivity index (χ2v) is 3.86. The molecular weight excluding hydrogens is 220 g/mol. The Balaban J connectivity index is 2.65. The van der Waals surface area contributed by atoms with E-state index in [4.69, 9.17) is 9.84 Å². The van der Waals surface area contributed by atoms with Gasteiger partial charge in [0.1, 0.15) is 5.75 Å². The number of carbonyl (C=O) groups excluding carboxylic acids is 1. The first-order valence-corrected chi connectivity index (χ1v) is 5.40. The molecule has 0 spiro atoms. The molecule has 5 nitrogen and oxygen atoms in total. The van der Waals surface area contributed by atoms with Gasteiger partial charge >= 0.3 is 6.03 Å². The number of nitrogens with one attached hydrogen (secondary N) is 2. The van der Waals surface area contributed by atoms with Crippen molar-refractivity contribution in [1.29, 1.82) is 0 Å². The summed E-state index contributed by atoms with van der Waals surface area (Å²) in [7, 11) is 1.59. The predicted octanol–water partition coefficient (Wildman–Crippen LogP) is 1.51. The van der Waals surface area contributed by atoms with Gasteiger partial charge in [-0.15, -0.1) is 0 Å². The lowest BCUT2D eigenvalue weighted by molar-refractivity contribution is 0.229. The van der Waals surface area contributed by atoms with Crippen LogP contribution in [0.5, 0.6) is 5.75 Å². The van der Waals surface area contributed by atoms with E-state index in [9.17, 15) is 4.79 Å². The first-order valence-electron chi connectivity index (χ1n) is 5.40. The molecule has 94 valence electrons. The number of ether oxygens (including phenoxy) is 1. The topological polar surface area (TPSA) is 70.6 Å². The molecule has 0 radical (unpaired) electrons. The molecule has 0 saturated carbocycles. The number of anilines is 1. The van der Waals surface area contributed by atoms with E-state index in [-0.39, 0.29) is 18.7 Å². The van der Waals surface area contributed by atoms with Crippen molar-refractivity contribution in [1.82, 2.24) is 5.32 Å². The summed E-state index contributed by atoms with van der Waals surface area (Å²) in [4.78, 5) is 11.5. The molecule has 0 aliphatic carbocycles. The fourth-order valence-corrected chi connectivity index (χ4v) is 1.33. The summed E-state index contributed by atoms with van der Waals surface area (Å²) in [6, 6.07) is 4.79. The number of hydrogen-bond acceptors (Lipinski definition) is 3. The van der Waals surface area contributed by atoms with Gasteiger partial charge in [0.05, 0.1) is 19.8 Å². The zero-order valence-electron chi connectivity index (χ0n) is 10.3. The Labute approximate surface area is 101 Å². The molecule has 1 aromatic rings. The molecule has 0 unspecified atom stereocenters. The van der Waals surface area contributed by atoms with Crippen molar-refractivity contribution < 1.29 is 14.6 Å². The number of urea groups is 1. The molecule has 1 atom stereocenters. The summed E-state index contributed by atoms with van der Waals surface area (Å²) in [5, 5.41) is 14.1. The van der Waals surface area contributed by atoms with Crippen LogP contribution in [0.25, 0.3) is 0 Å². The summed E-state index contributed by atoms with van der Waals surface area (Å²) in [6.07, 6.45) is 0. The van der Waals surface area contributed by atoms with Gasteiger partial charge in [0.2, 0.25) is 0 Å². The lowest BCUT2D eigenvalue weighted by atomic mass is 10.2. The highest BCUT2D eigenvalue weighted by atomic mass is 16.5. The molecule has 1 aromatic carbocycles. The van der Waals surface area contributed by atoms with E-state index < -0.39 is 0 Å². The van der Waals surface area contributed by atoms with Gasteiger partial charge in [-0.2, -0.15) is 0 Å². The number of aliphatic hydroxyl groups excluding tert-OH is 1. The molecule has 5 heteroatoms. The summed E-state index contributed by atoms with van der Waals surface area (Å²) in [5.74, 6) is 0.747. The molecule has 2 amide bonds. The van der Waals surface area contributed by atoms with E-state index in [1.54, 1.807) is 26.2 Å². The average Bonchev–Trinajstić information content (AvgIpc) is 2.31. The van der Waals surface area contributed by atoms with Crippen LogP contribution in [-0.4, -0.2) is 30.9 Å². The van der Waals surface area contributed by atoms with Crippen LogP contribution in [0.3, 0.4) is 0 Å². The number of rotatable bonds is 4. The normalized spacial score (nSPS) is 11.8. The van der Waals surface area contributed by atoms with Crippen LogP contribution < -0.4 is 15.4 Å². The minimum atomic E-state index is -0.334. The number of amides is 2. The maximum Gasteiger partial charge on any atom is 0.319 e. The Morgan fingerprint density at radius 3 is 2.76 bits per heavy atom. The van der Waals surface area contributed by atoms with Crippen LogP contribution in [0.15, 0.2) is 18.2 Å². The Bertz CT molecular complexity index is 393. The second-order valence-electron chi connectivity index (χ2n) is 3.86. The van der Waals surface area contributed by atoms with Crippen molar-refractivity contribution in [3.63, 3.8) is 0 Å². The summed E-state index contributed by atoms with van der Waals surface area (Å²) >= 11 is 0. The van der Waals surface area contributed by atoms with E-state index in [2.05, 4.69) is 10.6 Å². The van der Waals surface area contributed by atoms with E-state index in [0.717, 1.165) is 11.3 Å². The minimum absolute atomic E-state index is 0.0883. The highest BCUT2D eigenvalue weighted by molar-refractivity contribution is 5.90. The molecule has 17 heavy (non-hydrogen) atoms. The minimum Gasteiger partial charge on any atom is -0.497 e. The fraction of sp³-hybridized carbons (Fsp3) is 0.417. The quantitative estimate of drug-likeness (QED) is 0.744. The molecule has 0 fully saturated rings. The van der Waals surface area contributed by atoms with Gasteiger partial charge in [0.15, 0.2) is 0 Å². The van der Waals surface area contributed by atoms with Crippen LogP contribution >= 0.6 is 0 Å². The molecule has 0 heterocycles. The molecule has 0 saturated heterocycles. The molecular formula is C12H18N2O3. The second kappa shape index (κ2) is 6.10. The molecule has 0 bridgehead atoms. The Hall–Kier alpha value is -1.75. The lowest BCUT2D eigenvalue weighted by Gasteiger charge is -2.13. The van der Waals surface area contributed by atoms with Gasteiger partial charge in [-0.05, 0) is 37.6 Å². The average molecular weight is 238 g/mol. The fourth-order valence-electron chi connectivity index (χ4n) is 1.33. The molecule has 1 rings (SSSR count). The van der Waals surface area contributed by atoms with Gasteiger partial charge in [-0.1, -0.05) is 0 Å². The van der Waals surface area contributed by atoms with E-state index in [1.807, 2.05) is 13.0 Å². The van der Waals surface area contributed by atoms with E-state index >= 15 is 0 Å². The highest BCUT2D eigenvalue weighted by Crippen LogP contribution is 2.20. The van der Waals surface area contributed by atoms with Crippen molar-refractivity contribution in [3.8, 4) is 5.75 Å². The molecule has 0 aromatic heterocycles. The zero-order chi connectivity index (χ0) is 12.8. The van der Waals surface area contributed by atoms with Crippen LogP contribution in [0.1, 0.15) is 12.5 Å². The Morgan fingerprint density at radius 2 is 2.24 bits per heavy atom. The third-order valence-electron chi connectivity index (χ3n) is 2.33. The summed E-state index contributed by atoms with van der Waals surface area (Å²) in [6.45, 7) is 3.52. The number of benzene rings is 1. The number of aryl methyl sites for hydroxylation is 1. The number of aliphatic hydroxyl groups is 1. The van der Waals surface area contributed by atoms with Crippen molar-refractivity contribution in [3.05, 3.63) is 23.8 Å². The maximum absolute atomic E-state index is 11.5. The number of carbonyl (C=O) groups is 1. The van der Waals surface area contributed by atoms with Crippen molar-refractivity contribution in [2.75, 3.05) is 19.0 Å². The standard InChI is InChI=1S/C12H18N2O3/c1-8-6-10(17-3)4-5-11(8)14-12(16)13-9(2)7-15/h4-6,9,15H,7H2,1-3H3,(H2,13,14,16)/t9-/m0/s1. The van der Waals surface area contributed by atoms with Crippen molar-refractivity contribution >= 4 is 11.7 Å². The third-order valence-corrected chi connectivity index (χ3v) is 2.33. The first kappa shape index (κ1) is 13.3. The largest absolute Gasteiger partial charge is 0.497 e. The summed E-state index contributed by atoms with van der Waals surface area (Å²) in [5.41, 5.74) is 1.63. The number of hydrogen-bond donors (Lipinski definition) is 3. The third kappa shape index (κ3) is 3.96. The van der Waals surface area contributed by atoms with Crippen LogP contribution in [-0.2, 0) is 0 Å². The SMILES string of the molecule is COc1ccc(NC(=O)N[C@@H](C)CO)c(C)c1. The van der Waals surface area contributed by atoms with E-state index in [0.29, 0.717) is 5.69 Å². The van der Waals surface area contributed by atoms with Crippen molar-refractivity contribution in [2.45, 2.75) is 19.9 Å². The molecule has 0 aliphatic heterocycles. The van der Waals surface area contributed by atoms with Gasteiger partial charge in [-0.25, -0.2) is 4.79 Å². The van der Waals surface area contributed by atoms with Gasteiger partial charge in [0, 0.05) is 5.69 Å². The maximum atomic E-state index is 11.5. The molecule has 3 N–H and O–H groups in total. The van der Waals surface area contributed by atoms with Gasteiger partial charge < -0.3 is 20.5 Å². The highest BCUT2D eigenvalue weighted by Gasteiger charge is 2.07.